The first-order chi connectivity index (χ1) is 8.15. The minimum Gasteiger partial charge on any atom is -0.506 e. The SMILES string of the molecule is Nc1ccc(CNc2cnc(Br)cn2)cc1O. The number of halogens is 1. The monoisotopic (exact) mass is 294 g/mol. The van der Waals surface area contributed by atoms with E-state index in [4.69, 9.17) is 5.73 Å². The normalized spacial score (nSPS) is 10.2. The summed E-state index contributed by atoms with van der Waals surface area (Å²) in [6.07, 6.45) is 3.24. The van der Waals surface area contributed by atoms with Crippen molar-refractivity contribution in [1.29, 1.82) is 0 Å². The molecule has 0 aliphatic rings. The van der Waals surface area contributed by atoms with E-state index >= 15 is 0 Å². The summed E-state index contributed by atoms with van der Waals surface area (Å²) in [6, 6.07) is 5.13. The second kappa shape index (κ2) is 5.01. The molecule has 0 radical (unpaired) electrons. The molecule has 0 spiro atoms. The summed E-state index contributed by atoms with van der Waals surface area (Å²) in [5.74, 6) is 0.760. The lowest BCUT2D eigenvalue weighted by Crippen LogP contribution is -2.02. The van der Waals surface area contributed by atoms with Crippen LogP contribution in [0.15, 0.2) is 35.2 Å². The van der Waals surface area contributed by atoms with E-state index in [0.29, 0.717) is 22.7 Å². The van der Waals surface area contributed by atoms with Crippen LogP contribution in [0.5, 0.6) is 5.75 Å². The Balaban J connectivity index is 2.02. The van der Waals surface area contributed by atoms with Crippen LogP contribution in [0.2, 0.25) is 0 Å². The van der Waals surface area contributed by atoms with Gasteiger partial charge in [-0.3, -0.25) is 0 Å². The van der Waals surface area contributed by atoms with Crippen LogP contribution in [0, 0.1) is 0 Å². The molecular formula is C11H11BrN4O. The zero-order valence-corrected chi connectivity index (χ0v) is 10.5. The first kappa shape index (κ1) is 11.7. The minimum absolute atomic E-state index is 0.0891. The maximum absolute atomic E-state index is 9.45. The van der Waals surface area contributed by atoms with E-state index in [1.54, 1.807) is 24.5 Å². The predicted octanol–water partition coefficient (Wildman–Crippen LogP) is 2.14. The summed E-state index contributed by atoms with van der Waals surface area (Å²) in [7, 11) is 0. The minimum atomic E-state index is 0.0891. The lowest BCUT2D eigenvalue weighted by atomic mass is 10.2. The fourth-order valence-corrected chi connectivity index (χ4v) is 1.50. The van der Waals surface area contributed by atoms with E-state index in [1.807, 2.05) is 6.07 Å². The van der Waals surface area contributed by atoms with Crippen molar-refractivity contribution in [3.8, 4) is 5.75 Å². The van der Waals surface area contributed by atoms with E-state index < -0.39 is 0 Å². The number of benzene rings is 1. The van der Waals surface area contributed by atoms with Crippen molar-refractivity contribution >= 4 is 27.4 Å². The maximum Gasteiger partial charge on any atom is 0.144 e. The Morgan fingerprint density at radius 2 is 2.12 bits per heavy atom. The molecule has 4 N–H and O–H groups in total. The molecule has 0 aliphatic carbocycles. The molecule has 0 amide bonds. The number of nitrogens with zero attached hydrogens (tertiary/aromatic N) is 2. The molecule has 5 nitrogen and oxygen atoms in total. The Labute approximate surface area is 107 Å². The predicted molar refractivity (Wildman–Crippen MR) is 69.6 cm³/mol. The highest BCUT2D eigenvalue weighted by Crippen LogP contribution is 2.21. The Hall–Kier alpha value is -1.82. The van der Waals surface area contributed by atoms with E-state index in [-0.39, 0.29) is 5.75 Å². The third kappa shape index (κ3) is 3.07. The van der Waals surface area contributed by atoms with Crippen LogP contribution in [-0.2, 0) is 6.54 Å². The van der Waals surface area contributed by atoms with Gasteiger partial charge in [0.2, 0.25) is 0 Å². The van der Waals surface area contributed by atoms with Crippen LogP contribution >= 0.6 is 15.9 Å². The topological polar surface area (TPSA) is 84.1 Å². The van der Waals surface area contributed by atoms with Crippen molar-refractivity contribution in [3.63, 3.8) is 0 Å². The summed E-state index contributed by atoms with van der Waals surface area (Å²) in [5.41, 5.74) is 6.81. The highest BCUT2D eigenvalue weighted by molar-refractivity contribution is 9.10. The summed E-state index contributed by atoms with van der Waals surface area (Å²) >= 11 is 3.21. The van der Waals surface area contributed by atoms with Gasteiger partial charge in [-0.05, 0) is 33.6 Å². The summed E-state index contributed by atoms with van der Waals surface area (Å²) < 4.78 is 0.688. The molecule has 88 valence electrons. The molecule has 17 heavy (non-hydrogen) atoms. The summed E-state index contributed by atoms with van der Waals surface area (Å²) in [6.45, 7) is 0.546. The molecule has 0 unspecified atom stereocenters. The third-order valence-corrected chi connectivity index (χ3v) is 2.60. The van der Waals surface area contributed by atoms with Gasteiger partial charge >= 0.3 is 0 Å². The van der Waals surface area contributed by atoms with Gasteiger partial charge in [0.25, 0.3) is 0 Å². The van der Waals surface area contributed by atoms with Gasteiger partial charge in [0, 0.05) is 6.54 Å². The lowest BCUT2D eigenvalue weighted by molar-refractivity contribution is 0.477. The molecule has 1 heterocycles. The van der Waals surface area contributed by atoms with Crippen molar-refractivity contribution in [2.24, 2.45) is 0 Å². The van der Waals surface area contributed by atoms with Crippen LogP contribution in [0.1, 0.15) is 5.56 Å². The third-order valence-electron chi connectivity index (χ3n) is 2.19. The fourth-order valence-electron chi connectivity index (χ4n) is 1.30. The van der Waals surface area contributed by atoms with Gasteiger partial charge in [-0.15, -0.1) is 0 Å². The van der Waals surface area contributed by atoms with E-state index in [0.717, 1.165) is 5.56 Å². The second-order valence-corrected chi connectivity index (χ2v) is 4.28. The van der Waals surface area contributed by atoms with Gasteiger partial charge in [0.05, 0.1) is 18.1 Å². The second-order valence-electron chi connectivity index (χ2n) is 3.47. The standard InChI is InChI=1S/C11H11BrN4O/c12-10-5-16-11(6-14-10)15-4-7-1-2-8(13)9(17)3-7/h1-3,5-6,17H,4,13H2,(H,15,16). The Morgan fingerprint density at radius 1 is 1.29 bits per heavy atom. The molecule has 2 aromatic rings. The molecule has 0 saturated carbocycles. The quantitative estimate of drug-likeness (QED) is 0.597. The molecule has 6 heteroatoms. The first-order valence-electron chi connectivity index (χ1n) is 4.94. The number of aromatic hydroxyl groups is 1. The van der Waals surface area contributed by atoms with E-state index in [1.165, 1.54) is 0 Å². The number of anilines is 2. The summed E-state index contributed by atoms with van der Waals surface area (Å²) in [5, 5.41) is 12.5. The van der Waals surface area contributed by atoms with Crippen LogP contribution < -0.4 is 11.1 Å². The van der Waals surface area contributed by atoms with Crippen molar-refractivity contribution in [3.05, 3.63) is 40.8 Å². The molecule has 0 atom stereocenters. The maximum atomic E-state index is 9.45. The number of hydrogen-bond donors (Lipinski definition) is 3. The van der Waals surface area contributed by atoms with Crippen molar-refractivity contribution in [2.45, 2.75) is 6.54 Å². The van der Waals surface area contributed by atoms with Crippen LogP contribution in [0.25, 0.3) is 0 Å². The van der Waals surface area contributed by atoms with Gasteiger partial charge in [0.15, 0.2) is 0 Å². The Bertz CT molecular complexity index is 515. The van der Waals surface area contributed by atoms with Gasteiger partial charge in [-0.25, -0.2) is 9.97 Å². The van der Waals surface area contributed by atoms with Crippen LogP contribution in [-0.4, -0.2) is 15.1 Å². The largest absolute Gasteiger partial charge is 0.506 e. The molecule has 2 rings (SSSR count). The van der Waals surface area contributed by atoms with Gasteiger partial charge in [-0.1, -0.05) is 6.07 Å². The fraction of sp³-hybridized carbons (Fsp3) is 0.0909. The number of nitrogens with two attached hydrogens (primary N) is 1. The number of hydrogen-bond acceptors (Lipinski definition) is 5. The van der Waals surface area contributed by atoms with Crippen molar-refractivity contribution in [2.75, 3.05) is 11.1 Å². The van der Waals surface area contributed by atoms with E-state index in [2.05, 4.69) is 31.2 Å². The molecule has 1 aromatic carbocycles. The van der Waals surface area contributed by atoms with Crippen LogP contribution in [0.4, 0.5) is 11.5 Å². The smallest absolute Gasteiger partial charge is 0.144 e. The first-order valence-corrected chi connectivity index (χ1v) is 5.73. The number of rotatable bonds is 3. The molecule has 0 bridgehead atoms. The summed E-state index contributed by atoms with van der Waals surface area (Å²) in [4.78, 5) is 8.17. The van der Waals surface area contributed by atoms with Crippen LogP contribution in [0.3, 0.4) is 0 Å². The number of nitrogen functional groups attached to an aromatic ring is 1. The lowest BCUT2D eigenvalue weighted by Gasteiger charge is -2.06. The molecule has 1 aromatic heterocycles. The van der Waals surface area contributed by atoms with Crippen molar-refractivity contribution in [1.82, 2.24) is 9.97 Å². The number of phenolic OH excluding ortho intramolecular Hbond substituents is 1. The average Bonchev–Trinajstić information content (AvgIpc) is 2.33. The average molecular weight is 295 g/mol. The Kier molecular flexibility index (Phi) is 3.43. The zero-order chi connectivity index (χ0) is 12.3. The molecule has 0 saturated heterocycles. The highest BCUT2D eigenvalue weighted by Gasteiger charge is 2.00. The number of phenols is 1. The number of aromatic nitrogens is 2. The van der Waals surface area contributed by atoms with Gasteiger partial charge < -0.3 is 16.2 Å². The van der Waals surface area contributed by atoms with Gasteiger partial charge in [-0.2, -0.15) is 0 Å². The van der Waals surface area contributed by atoms with Crippen molar-refractivity contribution < 1.29 is 5.11 Å². The molecular weight excluding hydrogens is 284 g/mol. The van der Waals surface area contributed by atoms with E-state index in [9.17, 15) is 5.11 Å². The Morgan fingerprint density at radius 3 is 2.76 bits per heavy atom. The molecule has 0 fully saturated rings. The highest BCUT2D eigenvalue weighted by atomic mass is 79.9. The molecule has 0 aliphatic heterocycles. The van der Waals surface area contributed by atoms with Gasteiger partial charge in [0.1, 0.15) is 16.2 Å². The zero-order valence-electron chi connectivity index (χ0n) is 8.89. The number of nitrogens with one attached hydrogen (secondary N) is 1.